The van der Waals surface area contributed by atoms with Gasteiger partial charge in [-0.05, 0) is 63.6 Å². The van der Waals surface area contributed by atoms with Gasteiger partial charge < -0.3 is 10.1 Å². The van der Waals surface area contributed by atoms with Crippen LogP contribution in [0.2, 0.25) is 0 Å². The molecular formula is C20H30N2O4S. The minimum atomic E-state index is -3.68. The molecule has 0 spiro atoms. The quantitative estimate of drug-likeness (QED) is 0.687. The second-order valence-corrected chi connectivity index (χ2v) is 8.92. The Labute approximate surface area is 162 Å². The lowest BCUT2D eigenvalue weighted by Gasteiger charge is -2.29. The normalized spacial score (nSPS) is 15.6. The van der Waals surface area contributed by atoms with Crippen LogP contribution in [0.3, 0.4) is 0 Å². The minimum Gasteiger partial charge on any atom is -0.495 e. The summed E-state index contributed by atoms with van der Waals surface area (Å²) in [5, 5.41) is 2.88. The molecule has 1 aromatic carbocycles. The third-order valence-electron chi connectivity index (χ3n) is 4.79. The predicted octanol–water partition coefficient (Wildman–Crippen LogP) is 3.16. The predicted molar refractivity (Wildman–Crippen MR) is 109 cm³/mol. The van der Waals surface area contributed by atoms with Crippen molar-refractivity contribution in [1.82, 2.24) is 5.32 Å². The van der Waals surface area contributed by atoms with Crippen LogP contribution in [-0.4, -0.2) is 40.3 Å². The van der Waals surface area contributed by atoms with Crippen LogP contribution in [0.25, 0.3) is 0 Å². The minimum absolute atomic E-state index is 0.319. The maximum atomic E-state index is 12.7. The monoisotopic (exact) mass is 394 g/mol. The number of hydrogen-bond donors (Lipinski definition) is 1. The van der Waals surface area contributed by atoms with Gasteiger partial charge in [0.25, 0.3) is 0 Å². The number of nitrogens with one attached hydrogen (secondary N) is 1. The van der Waals surface area contributed by atoms with Crippen LogP contribution in [0.5, 0.6) is 5.75 Å². The molecule has 1 aliphatic carbocycles. The molecule has 1 atom stereocenters. The van der Waals surface area contributed by atoms with E-state index < -0.39 is 16.1 Å². The molecule has 150 valence electrons. The Morgan fingerprint density at radius 3 is 2.67 bits per heavy atom. The van der Waals surface area contributed by atoms with Crippen molar-refractivity contribution in [3.05, 3.63) is 35.4 Å². The van der Waals surface area contributed by atoms with E-state index in [1.54, 1.807) is 19.1 Å². The summed E-state index contributed by atoms with van der Waals surface area (Å²) < 4.78 is 31.4. The number of carbonyl (C=O) groups excluding carboxylic acids is 1. The highest BCUT2D eigenvalue weighted by atomic mass is 32.2. The number of aryl methyl sites for hydroxylation is 1. The lowest BCUT2D eigenvalue weighted by atomic mass is 9.97. The Morgan fingerprint density at radius 2 is 2.07 bits per heavy atom. The van der Waals surface area contributed by atoms with E-state index >= 15 is 0 Å². The summed E-state index contributed by atoms with van der Waals surface area (Å²) in [6, 6.07) is 4.39. The largest absolute Gasteiger partial charge is 0.495 e. The molecule has 0 heterocycles. The first kappa shape index (κ1) is 21.3. The van der Waals surface area contributed by atoms with E-state index in [0.717, 1.165) is 35.4 Å². The number of carbonyl (C=O) groups is 1. The Hall–Kier alpha value is -2.02. The first-order chi connectivity index (χ1) is 12.7. The van der Waals surface area contributed by atoms with Crippen molar-refractivity contribution in [2.45, 2.75) is 52.0 Å². The van der Waals surface area contributed by atoms with E-state index in [1.165, 1.54) is 25.5 Å². The van der Waals surface area contributed by atoms with E-state index in [4.69, 9.17) is 4.74 Å². The van der Waals surface area contributed by atoms with Crippen LogP contribution in [0.1, 0.15) is 44.6 Å². The lowest BCUT2D eigenvalue weighted by molar-refractivity contribution is -0.121. The van der Waals surface area contributed by atoms with E-state index in [0.29, 0.717) is 18.0 Å². The number of amides is 1. The second kappa shape index (κ2) is 9.26. The SMILES string of the molecule is COc1ccc(C)cc1N([C@@H](C)C(=O)NCCC1=CCCCC1)S(C)(=O)=O. The van der Waals surface area contributed by atoms with Gasteiger partial charge >= 0.3 is 0 Å². The molecule has 0 aliphatic heterocycles. The van der Waals surface area contributed by atoms with Gasteiger partial charge in [-0.1, -0.05) is 17.7 Å². The van der Waals surface area contributed by atoms with Crippen LogP contribution in [0.15, 0.2) is 29.8 Å². The van der Waals surface area contributed by atoms with Gasteiger partial charge in [-0.2, -0.15) is 0 Å². The van der Waals surface area contributed by atoms with Gasteiger partial charge in [-0.15, -0.1) is 0 Å². The zero-order valence-corrected chi connectivity index (χ0v) is 17.4. The number of sulfonamides is 1. The van der Waals surface area contributed by atoms with Crippen molar-refractivity contribution < 1.29 is 17.9 Å². The molecule has 27 heavy (non-hydrogen) atoms. The van der Waals surface area contributed by atoms with Crippen molar-refractivity contribution >= 4 is 21.6 Å². The van der Waals surface area contributed by atoms with Gasteiger partial charge in [0.2, 0.25) is 15.9 Å². The molecule has 0 saturated heterocycles. The summed E-state index contributed by atoms with van der Waals surface area (Å²) in [7, 11) is -2.19. The molecule has 1 N–H and O–H groups in total. The first-order valence-corrected chi connectivity index (χ1v) is 11.2. The number of anilines is 1. The number of nitrogens with zero attached hydrogens (tertiary/aromatic N) is 1. The first-order valence-electron chi connectivity index (χ1n) is 9.33. The average Bonchev–Trinajstić information content (AvgIpc) is 2.61. The van der Waals surface area contributed by atoms with Crippen LogP contribution in [0.4, 0.5) is 5.69 Å². The van der Waals surface area contributed by atoms with Crippen LogP contribution >= 0.6 is 0 Å². The molecule has 0 fully saturated rings. The molecular weight excluding hydrogens is 364 g/mol. The summed E-state index contributed by atoms with van der Waals surface area (Å²) in [4.78, 5) is 12.7. The van der Waals surface area contributed by atoms with Gasteiger partial charge in [0, 0.05) is 6.54 Å². The number of allylic oxidation sites excluding steroid dienone is 1. The maximum absolute atomic E-state index is 12.7. The molecule has 0 unspecified atom stereocenters. The second-order valence-electron chi connectivity index (χ2n) is 7.06. The standard InChI is InChI=1S/C20H30N2O4S/c1-15-10-11-19(26-3)18(14-15)22(27(4,24)25)16(2)20(23)21-13-12-17-8-6-5-7-9-17/h8,10-11,14,16H,5-7,9,12-13H2,1-4H3,(H,21,23)/t16-/m0/s1. The molecule has 7 heteroatoms. The van der Waals surface area contributed by atoms with E-state index in [9.17, 15) is 13.2 Å². The molecule has 2 rings (SSSR count). The molecule has 6 nitrogen and oxygen atoms in total. The fraction of sp³-hybridized carbons (Fsp3) is 0.550. The van der Waals surface area contributed by atoms with Crippen LogP contribution in [0, 0.1) is 6.92 Å². The van der Waals surface area contributed by atoms with Crippen LogP contribution < -0.4 is 14.4 Å². The summed E-state index contributed by atoms with van der Waals surface area (Å²) in [5.41, 5.74) is 2.63. The highest BCUT2D eigenvalue weighted by Crippen LogP contribution is 2.32. The molecule has 0 aromatic heterocycles. The molecule has 0 bridgehead atoms. The maximum Gasteiger partial charge on any atom is 0.243 e. The molecule has 1 amide bonds. The number of rotatable bonds is 8. The van der Waals surface area contributed by atoms with Gasteiger partial charge in [-0.3, -0.25) is 9.10 Å². The summed E-state index contributed by atoms with van der Waals surface area (Å²) in [6.07, 6.45) is 8.78. The highest BCUT2D eigenvalue weighted by molar-refractivity contribution is 7.92. The summed E-state index contributed by atoms with van der Waals surface area (Å²) in [5.74, 6) is 0.0958. The van der Waals surface area contributed by atoms with Crippen molar-refractivity contribution in [3.63, 3.8) is 0 Å². The van der Waals surface area contributed by atoms with E-state index in [1.807, 2.05) is 13.0 Å². The lowest BCUT2D eigenvalue weighted by Crippen LogP contribution is -2.48. The molecule has 1 aromatic rings. The summed E-state index contributed by atoms with van der Waals surface area (Å²) in [6.45, 7) is 3.97. The topological polar surface area (TPSA) is 75.7 Å². The number of methoxy groups -OCH3 is 1. The fourth-order valence-corrected chi connectivity index (χ4v) is 4.55. The van der Waals surface area contributed by atoms with Gasteiger partial charge in [-0.25, -0.2) is 8.42 Å². The number of ether oxygens (including phenoxy) is 1. The highest BCUT2D eigenvalue weighted by Gasteiger charge is 2.31. The van der Waals surface area contributed by atoms with Gasteiger partial charge in [0.1, 0.15) is 11.8 Å². The Morgan fingerprint density at radius 1 is 1.33 bits per heavy atom. The van der Waals surface area contributed by atoms with Gasteiger partial charge in [0.15, 0.2) is 0 Å². The van der Waals surface area contributed by atoms with E-state index in [2.05, 4.69) is 11.4 Å². The smallest absolute Gasteiger partial charge is 0.243 e. The van der Waals surface area contributed by atoms with Crippen molar-refractivity contribution in [2.75, 3.05) is 24.2 Å². The molecule has 0 saturated carbocycles. The third kappa shape index (κ3) is 5.73. The van der Waals surface area contributed by atoms with Gasteiger partial charge in [0.05, 0.1) is 19.1 Å². The van der Waals surface area contributed by atoms with Crippen molar-refractivity contribution in [1.29, 1.82) is 0 Å². The van der Waals surface area contributed by atoms with E-state index in [-0.39, 0.29) is 5.91 Å². The zero-order valence-electron chi connectivity index (χ0n) is 16.6. The van der Waals surface area contributed by atoms with Crippen LogP contribution in [-0.2, 0) is 14.8 Å². The van der Waals surface area contributed by atoms with Crippen molar-refractivity contribution in [3.8, 4) is 5.75 Å². The molecule has 1 aliphatic rings. The van der Waals surface area contributed by atoms with Crippen molar-refractivity contribution in [2.24, 2.45) is 0 Å². The molecule has 0 radical (unpaired) electrons. The number of hydrogen-bond acceptors (Lipinski definition) is 4. The number of benzene rings is 1. The summed E-state index contributed by atoms with van der Waals surface area (Å²) >= 11 is 0. The third-order valence-corrected chi connectivity index (χ3v) is 6.02. The Bertz CT molecular complexity index is 802. The fourth-order valence-electron chi connectivity index (χ4n) is 3.38. The Kier molecular flexibility index (Phi) is 7.30. The zero-order chi connectivity index (χ0) is 20.0. The Balaban J connectivity index is 2.15. The average molecular weight is 395 g/mol.